The van der Waals surface area contributed by atoms with Crippen molar-refractivity contribution in [1.82, 2.24) is 4.90 Å². The standard InChI is InChI=1S/C16H25NO/c1-16(2,18)12-14-8-10-17(11-9-14)13-15-6-4-3-5-7-15/h3-7,14,18H,8-13H2,1-2H3. The average molecular weight is 247 g/mol. The highest BCUT2D eigenvalue weighted by Crippen LogP contribution is 2.26. The first-order chi connectivity index (χ1) is 8.53. The average Bonchev–Trinajstić information content (AvgIpc) is 2.31. The molecule has 18 heavy (non-hydrogen) atoms. The zero-order chi connectivity index (χ0) is 13.0. The first-order valence-corrected chi connectivity index (χ1v) is 7.01. The Kier molecular flexibility index (Phi) is 4.41. The number of benzene rings is 1. The lowest BCUT2D eigenvalue weighted by Gasteiger charge is -2.34. The third-order valence-electron chi connectivity index (χ3n) is 3.74. The summed E-state index contributed by atoms with van der Waals surface area (Å²) in [6.07, 6.45) is 3.37. The summed E-state index contributed by atoms with van der Waals surface area (Å²) in [5.74, 6) is 0.692. The SMILES string of the molecule is CC(C)(O)CC1CCN(Cc2ccccc2)CC1. The lowest BCUT2D eigenvalue weighted by molar-refractivity contribution is 0.0368. The van der Waals surface area contributed by atoms with Crippen LogP contribution in [-0.2, 0) is 6.54 Å². The van der Waals surface area contributed by atoms with E-state index in [-0.39, 0.29) is 0 Å². The van der Waals surface area contributed by atoms with Gasteiger partial charge in [-0.2, -0.15) is 0 Å². The zero-order valence-corrected chi connectivity index (χ0v) is 11.6. The van der Waals surface area contributed by atoms with E-state index in [1.807, 2.05) is 13.8 Å². The normalized spacial score (nSPS) is 19.1. The fourth-order valence-corrected chi connectivity index (χ4v) is 2.90. The van der Waals surface area contributed by atoms with Crippen LogP contribution in [0.1, 0.15) is 38.7 Å². The lowest BCUT2D eigenvalue weighted by atomic mass is 9.86. The van der Waals surface area contributed by atoms with E-state index >= 15 is 0 Å². The van der Waals surface area contributed by atoms with E-state index in [1.165, 1.54) is 18.4 Å². The van der Waals surface area contributed by atoms with E-state index in [4.69, 9.17) is 0 Å². The van der Waals surface area contributed by atoms with Crippen molar-refractivity contribution in [2.24, 2.45) is 5.92 Å². The van der Waals surface area contributed by atoms with Gasteiger partial charge in [0.05, 0.1) is 5.60 Å². The van der Waals surface area contributed by atoms with Crippen molar-refractivity contribution in [1.29, 1.82) is 0 Å². The number of nitrogens with zero attached hydrogens (tertiary/aromatic N) is 1. The van der Waals surface area contributed by atoms with Gasteiger partial charge in [-0.1, -0.05) is 30.3 Å². The van der Waals surface area contributed by atoms with Crippen LogP contribution in [0, 0.1) is 5.92 Å². The minimum Gasteiger partial charge on any atom is -0.390 e. The Bertz CT molecular complexity index is 347. The molecule has 0 spiro atoms. The Balaban J connectivity index is 1.77. The van der Waals surface area contributed by atoms with Gasteiger partial charge in [-0.25, -0.2) is 0 Å². The molecule has 1 aromatic carbocycles. The van der Waals surface area contributed by atoms with Crippen molar-refractivity contribution in [3.05, 3.63) is 35.9 Å². The summed E-state index contributed by atoms with van der Waals surface area (Å²) in [6, 6.07) is 10.7. The third-order valence-corrected chi connectivity index (χ3v) is 3.74. The van der Waals surface area contributed by atoms with Crippen LogP contribution < -0.4 is 0 Å². The zero-order valence-electron chi connectivity index (χ0n) is 11.6. The van der Waals surface area contributed by atoms with Crippen LogP contribution in [0.3, 0.4) is 0 Å². The topological polar surface area (TPSA) is 23.5 Å². The smallest absolute Gasteiger partial charge is 0.0594 e. The van der Waals surface area contributed by atoms with Gasteiger partial charge in [0.1, 0.15) is 0 Å². The fraction of sp³-hybridized carbons (Fsp3) is 0.625. The molecule has 0 saturated carbocycles. The summed E-state index contributed by atoms with van der Waals surface area (Å²) in [7, 11) is 0. The number of hydrogen-bond acceptors (Lipinski definition) is 2. The summed E-state index contributed by atoms with van der Waals surface area (Å²) < 4.78 is 0. The molecular weight excluding hydrogens is 222 g/mol. The van der Waals surface area contributed by atoms with Crippen LogP contribution in [0.25, 0.3) is 0 Å². The summed E-state index contributed by atoms with van der Waals surface area (Å²) in [5.41, 5.74) is 0.894. The first-order valence-electron chi connectivity index (χ1n) is 7.01. The van der Waals surface area contributed by atoms with Crippen molar-refractivity contribution in [2.45, 2.75) is 45.3 Å². The highest BCUT2D eigenvalue weighted by molar-refractivity contribution is 5.14. The van der Waals surface area contributed by atoms with Crippen molar-refractivity contribution >= 4 is 0 Å². The van der Waals surface area contributed by atoms with Crippen molar-refractivity contribution in [2.75, 3.05) is 13.1 Å². The minimum absolute atomic E-state index is 0.508. The van der Waals surface area contributed by atoms with Crippen LogP contribution >= 0.6 is 0 Å². The van der Waals surface area contributed by atoms with E-state index in [0.717, 1.165) is 26.1 Å². The third kappa shape index (κ3) is 4.43. The molecule has 2 heteroatoms. The molecule has 1 aromatic rings. The van der Waals surface area contributed by atoms with Gasteiger partial charge in [0, 0.05) is 6.54 Å². The van der Waals surface area contributed by atoms with Gasteiger partial charge in [-0.15, -0.1) is 0 Å². The minimum atomic E-state index is -0.508. The Labute approximate surface area is 111 Å². The van der Waals surface area contributed by atoms with Gasteiger partial charge in [0.15, 0.2) is 0 Å². The predicted octanol–water partition coefficient (Wildman–Crippen LogP) is 3.06. The molecule has 100 valence electrons. The number of hydrogen-bond donors (Lipinski definition) is 1. The molecule has 0 atom stereocenters. The van der Waals surface area contributed by atoms with Crippen LogP contribution in [0.15, 0.2) is 30.3 Å². The molecule has 0 aliphatic carbocycles. The second-order valence-electron chi connectivity index (χ2n) is 6.22. The maximum Gasteiger partial charge on any atom is 0.0594 e. The maximum atomic E-state index is 9.86. The largest absolute Gasteiger partial charge is 0.390 e. The van der Waals surface area contributed by atoms with Crippen LogP contribution in [0.2, 0.25) is 0 Å². The number of aliphatic hydroxyl groups is 1. The Morgan fingerprint density at radius 1 is 1.17 bits per heavy atom. The molecule has 1 fully saturated rings. The highest BCUT2D eigenvalue weighted by Gasteiger charge is 2.24. The molecule has 1 aliphatic heterocycles. The van der Waals surface area contributed by atoms with Gasteiger partial charge < -0.3 is 5.11 Å². The molecule has 0 amide bonds. The van der Waals surface area contributed by atoms with Crippen LogP contribution in [0.5, 0.6) is 0 Å². The molecule has 0 aromatic heterocycles. The summed E-state index contributed by atoms with van der Waals surface area (Å²) >= 11 is 0. The van der Waals surface area contributed by atoms with Crippen LogP contribution in [-0.4, -0.2) is 28.7 Å². The summed E-state index contributed by atoms with van der Waals surface area (Å²) in [6.45, 7) is 7.23. The number of piperidine rings is 1. The Hall–Kier alpha value is -0.860. The Morgan fingerprint density at radius 3 is 2.33 bits per heavy atom. The van der Waals surface area contributed by atoms with Gasteiger partial charge in [-0.3, -0.25) is 4.90 Å². The molecule has 1 N–H and O–H groups in total. The van der Waals surface area contributed by atoms with E-state index < -0.39 is 5.60 Å². The second-order valence-corrected chi connectivity index (χ2v) is 6.22. The van der Waals surface area contributed by atoms with E-state index in [2.05, 4.69) is 35.2 Å². The summed E-state index contributed by atoms with van der Waals surface area (Å²) in [5, 5.41) is 9.86. The second kappa shape index (κ2) is 5.85. The lowest BCUT2D eigenvalue weighted by Crippen LogP contribution is -2.35. The monoisotopic (exact) mass is 247 g/mol. The van der Waals surface area contributed by atoms with E-state index in [1.54, 1.807) is 0 Å². The van der Waals surface area contributed by atoms with Gasteiger partial charge in [0.25, 0.3) is 0 Å². The first kappa shape index (κ1) is 13.6. The fourth-order valence-electron chi connectivity index (χ4n) is 2.90. The molecule has 0 bridgehead atoms. The Morgan fingerprint density at radius 2 is 1.78 bits per heavy atom. The molecule has 1 heterocycles. The molecule has 1 saturated heterocycles. The van der Waals surface area contributed by atoms with Crippen molar-refractivity contribution in [3.63, 3.8) is 0 Å². The molecule has 2 nitrogen and oxygen atoms in total. The molecule has 0 radical (unpaired) electrons. The molecular formula is C16H25NO. The molecule has 0 unspecified atom stereocenters. The molecule has 2 rings (SSSR count). The maximum absolute atomic E-state index is 9.86. The van der Waals surface area contributed by atoms with E-state index in [0.29, 0.717) is 5.92 Å². The highest BCUT2D eigenvalue weighted by atomic mass is 16.3. The van der Waals surface area contributed by atoms with Gasteiger partial charge in [0.2, 0.25) is 0 Å². The van der Waals surface area contributed by atoms with E-state index in [9.17, 15) is 5.11 Å². The number of likely N-dealkylation sites (tertiary alicyclic amines) is 1. The quantitative estimate of drug-likeness (QED) is 0.884. The molecule has 1 aliphatic rings. The van der Waals surface area contributed by atoms with Crippen molar-refractivity contribution in [3.8, 4) is 0 Å². The van der Waals surface area contributed by atoms with Gasteiger partial charge >= 0.3 is 0 Å². The van der Waals surface area contributed by atoms with Gasteiger partial charge in [-0.05, 0) is 57.7 Å². The number of rotatable bonds is 4. The van der Waals surface area contributed by atoms with Crippen molar-refractivity contribution < 1.29 is 5.11 Å². The summed E-state index contributed by atoms with van der Waals surface area (Å²) in [4.78, 5) is 2.52. The predicted molar refractivity (Wildman–Crippen MR) is 75.4 cm³/mol. The van der Waals surface area contributed by atoms with Crippen LogP contribution in [0.4, 0.5) is 0 Å².